The number of halogens is 1. The van der Waals surface area contributed by atoms with Crippen molar-refractivity contribution in [2.24, 2.45) is 0 Å². The number of ketones is 1. The van der Waals surface area contributed by atoms with E-state index in [0.717, 1.165) is 40.6 Å². The van der Waals surface area contributed by atoms with Gasteiger partial charge in [-0.15, -0.1) is 11.8 Å². The number of hydrogen-bond acceptors (Lipinski definition) is 3. The first-order valence-corrected chi connectivity index (χ1v) is 10.6. The van der Waals surface area contributed by atoms with Crippen LogP contribution in [0.25, 0.3) is 0 Å². The van der Waals surface area contributed by atoms with Gasteiger partial charge in [-0.3, -0.25) is 4.79 Å². The van der Waals surface area contributed by atoms with Gasteiger partial charge in [0.15, 0.2) is 5.78 Å². The van der Waals surface area contributed by atoms with Crippen LogP contribution in [-0.2, 0) is 13.0 Å². The minimum Gasteiger partial charge on any atom is -0.497 e. The van der Waals surface area contributed by atoms with E-state index in [-0.39, 0.29) is 5.78 Å². The zero-order valence-electron chi connectivity index (χ0n) is 16.4. The van der Waals surface area contributed by atoms with Gasteiger partial charge in [0.1, 0.15) is 5.75 Å². The lowest BCUT2D eigenvalue weighted by Gasteiger charge is -2.10. The Morgan fingerprint density at radius 2 is 1.82 bits per heavy atom. The molecule has 5 heteroatoms. The molecule has 3 aromatic rings. The molecule has 0 spiro atoms. The Kier molecular flexibility index (Phi) is 6.87. The summed E-state index contributed by atoms with van der Waals surface area (Å²) in [5.41, 5.74) is 4.18. The lowest BCUT2D eigenvalue weighted by Crippen LogP contribution is -2.08. The third-order valence-corrected chi connectivity index (χ3v) is 6.37. The van der Waals surface area contributed by atoms with Gasteiger partial charge in [-0.1, -0.05) is 35.9 Å². The summed E-state index contributed by atoms with van der Waals surface area (Å²) in [6, 6.07) is 17.7. The van der Waals surface area contributed by atoms with Crippen LogP contribution in [0.15, 0.2) is 59.5 Å². The fourth-order valence-corrected chi connectivity index (χ4v) is 4.37. The number of carbonyl (C=O) groups is 1. The summed E-state index contributed by atoms with van der Waals surface area (Å²) < 4.78 is 7.43. The second-order valence-electron chi connectivity index (χ2n) is 6.68. The van der Waals surface area contributed by atoms with Gasteiger partial charge in [0.05, 0.1) is 17.9 Å². The number of benzene rings is 2. The average Bonchev–Trinajstić information content (AvgIpc) is 2.99. The Hall–Kier alpha value is -2.17. The van der Waals surface area contributed by atoms with E-state index in [0.29, 0.717) is 10.8 Å². The molecule has 0 aliphatic rings. The van der Waals surface area contributed by atoms with Gasteiger partial charge in [0.2, 0.25) is 0 Å². The number of hydrogen-bond donors (Lipinski definition) is 0. The van der Waals surface area contributed by atoms with Gasteiger partial charge in [-0.2, -0.15) is 0 Å². The maximum Gasteiger partial charge on any atom is 0.174 e. The van der Waals surface area contributed by atoms with Crippen molar-refractivity contribution in [1.82, 2.24) is 4.57 Å². The molecular formula is C23H24ClNO2S. The van der Waals surface area contributed by atoms with Crippen LogP contribution in [0.1, 0.15) is 27.3 Å². The normalized spacial score (nSPS) is 10.9. The highest BCUT2D eigenvalue weighted by Crippen LogP contribution is 2.28. The van der Waals surface area contributed by atoms with Crippen LogP contribution in [0.4, 0.5) is 0 Å². The van der Waals surface area contributed by atoms with Gasteiger partial charge in [-0.05, 0) is 56.2 Å². The zero-order chi connectivity index (χ0) is 20.1. The third-order valence-electron chi connectivity index (χ3n) is 4.85. The number of carbonyl (C=O) groups excluding carboxylic acids is 1. The van der Waals surface area contributed by atoms with Crippen molar-refractivity contribution in [3.63, 3.8) is 0 Å². The van der Waals surface area contributed by atoms with Crippen molar-refractivity contribution < 1.29 is 9.53 Å². The van der Waals surface area contributed by atoms with E-state index in [4.69, 9.17) is 16.3 Å². The molecule has 0 bridgehead atoms. The number of nitrogens with zero attached hydrogens (tertiary/aromatic N) is 1. The smallest absolute Gasteiger partial charge is 0.174 e. The highest BCUT2D eigenvalue weighted by molar-refractivity contribution is 8.00. The molecule has 0 saturated carbocycles. The summed E-state index contributed by atoms with van der Waals surface area (Å²) in [5, 5.41) is 0.685. The minimum absolute atomic E-state index is 0.133. The largest absolute Gasteiger partial charge is 0.497 e. The zero-order valence-corrected chi connectivity index (χ0v) is 17.9. The first kappa shape index (κ1) is 20.6. The first-order valence-electron chi connectivity index (χ1n) is 9.19. The van der Waals surface area contributed by atoms with Crippen molar-refractivity contribution in [2.45, 2.75) is 31.7 Å². The lowest BCUT2D eigenvalue weighted by atomic mass is 10.1. The van der Waals surface area contributed by atoms with Crippen molar-refractivity contribution in [3.8, 4) is 5.75 Å². The van der Waals surface area contributed by atoms with Crippen LogP contribution in [0.2, 0.25) is 5.02 Å². The molecule has 0 atom stereocenters. The molecule has 0 aliphatic heterocycles. The number of methoxy groups -OCH3 is 1. The molecule has 28 heavy (non-hydrogen) atoms. The summed E-state index contributed by atoms with van der Waals surface area (Å²) in [7, 11) is 1.67. The van der Waals surface area contributed by atoms with E-state index >= 15 is 0 Å². The fraction of sp³-hybridized carbons (Fsp3) is 0.261. The Bertz CT molecular complexity index is 963. The lowest BCUT2D eigenvalue weighted by molar-refractivity contribution is 0.102. The van der Waals surface area contributed by atoms with Crippen molar-refractivity contribution >= 4 is 29.1 Å². The Morgan fingerprint density at radius 1 is 1.11 bits per heavy atom. The van der Waals surface area contributed by atoms with E-state index in [2.05, 4.69) is 23.6 Å². The molecule has 3 rings (SSSR count). The van der Waals surface area contributed by atoms with Crippen molar-refractivity contribution in [3.05, 3.63) is 82.1 Å². The van der Waals surface area contributed by atoms with E-state index in [9.17, 15) is 4.79 Å². The first-order chi connectivity index (χ1) is 13.5. The summed E-state index contributed by atoms with van der Waals surface area (Å²) in [4.78, 5) is 13.7. The summed E-state index contributed by atoms with van der Waals surface area (Å²) >= 11 is 7.67. The molecule has 0 N–H and O–H groups in total. The molecule has 0 amide bonds. The molecule has 0 fully saturated rings. The molecular weight excluding hydrogens is 390 g/mol. The van der Waals surface area contributed by atoms with Crippen LogP contribution in [0, 0.1) is 13.8 Å². The SMILES string of the molecule is COc1ccc(CCn2c(C)cc(C(=O)CSc3ccccc3Cl)c2C)cc1. The monoisotopic (exact) mass is 413 g/mol. The molecule has 3 nitrogen and oxygen atoms in total. The maximum absolute atomic E-state index is 12.8. The number of ether oxygens (including phenoxy) is 1. The van der Waals surface area contributed by atoms with E-state index in [1.165, 1.54) is 17.3 Å². The van der Waals surface area contributed by atoms with Crippen LogP contribution in [0.3, 0.4) is 0 Å². The molecule has 0 unspecified atom stereocenters. The van der Waals surface area contributed by atoms with E-state index < -0.39 is 0 Å². The Balaban J connectivity index is 1.66. The number of Topliss-reactive ketones (excluding diaryl/α,β-unsaturated/α-hetero) is 1. The summed E-state index contributed by atoms with van der Waals surface area (Å²) in [5.74, 6) is 1.38. The van der Waals surface area contributed by atoms with Crippen LogP contribution in [0.5, 0.6) is 5.75 Å². The molecule has 1 aromatic heterocycles. The molecule has 0 radical (unpaired) electrons. The highest BCUT2D eigenvalue weighted by Gasteiger charge is 2.16. The molecule has 0 saturated heterocycles. The van der Waals surface area contributed by atoms with Gasteiger partial charge in [-0.25, -0.2) is 0 Å². The standard InChI is InChI=1S/C23H24ClNO2S/c1-16-14-20(22(26)15-28-23-7-5-4-6-21(23)24)17(2)25(16)13-12-18-8-10-19(27-3)11-9-18/h4-11,14H,12-13,15H2,1-3H3. The Morgan fingerprint density at radius 3 is 2.50 bits per heavy atom. The quantitative estimate of drug-likeness (QED) is 0.336. The van der Waals surface area contributed by atoms with Gasteiger partial charge < -0.3 is 9.30 Å². The van der Waals surface area contributed by atoms with Gasteiger partial charge >= 0.3 is 0 Å². The predicted molar refractivity (Wildman–Crippen MR) is 117 cm³/mol. The van der Waals surface area contributed by atoms with Crippen molar-refractivity contribution in [2.75, 3.05) is 12.9 Å². The van der Waals surface area contributed by atoms with Crippen LogP contribution < -0.4 is 4.74 Å². The molecule has 146 valence electrons. The fourth-order valence-electron chi connectivity index (χ4n) is 3.24. The number of rotatable bonds is 8. The Labute approximate surface area is 175 Å². The molecule has 0 aliphatic carbocycles. The minimum atomic E-state index is 0.133. The van der Waals surface area contributed by atoms with Gasteiger partial charge in [0, 0.05) is 28.4 Å². The van der Waals surface area contributed by atoms with Crippen LogP contribution in [-0.4, -0.2) is 23.2 Å². The number of aryl methyl sites for hydroxylation is 2. The summed E-state index contributed by atoms with van der Waals surface area (Å²) in [6.07, 6.45) is 0.905. The van der Waals surface area contributed by atoms with E-state index in [1.807, 2.05) is 49.4 Å². The topological polar surface area (TPSA) is 31.2 Å². The van der Waals surface area contributed by atoms with Gasteiger partial charge in [0.25, 0.3) is 0 Å². The second kappa shape index (κ2) is 9.35. The molecule has 2 aromatic carbocycles. The predicted octanol–water partition coefficient (Wildman–Crippen LogP) is 5.98. The molecule has 1 heterocycles. The summed E-state index contributed by atoms with van der Waals surface area (Å²) in [6.45, 7) is 4.92. The number of thioether (sulfide) groups is 1. The number of aromatic nitrogens is 1. The van der Waals surface area contributed by atoms with Crippen LogP contribution >= 0.6 is 23.4 Å². The van der Waals surface area contributed by atoms with Crippen molar-refractivity contribution in [1.29, 1.82) is 0 Å². The average molecular weight is 414 g/mol. The third kappa shape index (κ3) is 4.81. The second-order valence-corrected chi connectivity index (χ2v) is 8.10. The van der Waals surface area contributed by atoms with E-state index in [1.54, 1.807) is 7.11 Å². The maximum atomic E-state index is 12.8. The highest BCUT2D eigenvalue weighted by atomic mass is 35.5.